The van der Waals surface area contributed by atoms with Crippen molar-refractivity contribution in [3.8, 4) is 0 Å². The van der Waals surface area contributed by atoms with Gasteiger partial charge in [0.15, 0.2) is 0 Å². The number of anilines is 1. The van der Waals surface area contributed by atoms with Crippen LogP contribution in [-0.4, -0.2) is 30.8 Å². The van der Waals surface area contributed by atoms with Crippen LogP contribution in [0.5, 0.6) is 0 Å². The molecule has 2 atom stereocenters. The summed E-state index contributed by atoms with van der Waals surface area (Å²) in [5.74, 6) is 0. The number of benzene rings is 1. The van der Waals surface area contributed by atoms with Crippen LogP contribution in [0.1, 0.15) is 57.6 Å². The van der Waals surface area contributed by atoms with Gasteiger partial charge in [-0.3, -0.25) is 0 Å². The molecule has 3 nitrogen and oxygen atoms in total. The molecule has 21 heavy (non-hydrogen) atoms. The van der Waals surface area contributed by atoms with Gasteiger partial charge in [-0.05, 0) is 63.3 Å². The molecule has 1 aromatic carbocycles. The highest BCUT2D eigenvalue weighted by atomic mass is 16.3. The van der Waals surface area contributed by atoms with Gasteiger partial charge < -0.3 is 15.3 Å². The van der Waals surface area contributed by atoms with E-state index >= 15 is 0 Å². The second kappa shape index (κ2) is 8.40. The summed E-state index contributed by atoms with van der Waals surface area (Å²) < 4.78 is 0. The van der Waals surface area contributed by atoms with Crippen LogP contribution in [0.15, 0.2) is 24.3 Å². The summed E-state index contributed by atoms with van der Waals surface area (Å²) in [7, 11) is 0. The number of hydrogen-bond acceptors (Lipinski definition) is 3. The van der Waals surface area contributed by atoms with E-state index in [0.29, 0.717) is 6.04 Å². The lowest BCUT2D eigenvalue weighted by Crippen LogP contribution is -2.29. The van der Waals surface area contributed by atoms with Crippen LogP contribution in [0, 0.1) is 0 Å². The third-order valence-corrected chi connectivity index (χ3v) is 4.51. The molecule has 0 amide bonds. The Kier molecular flexibility index (Phi) is 6.52. The van der Waals surface area contributed by atoms with Crippen molar-refractivity contribution in [2.45, 2.75) is 58.1 Å². The molecule has 3 heteroatoms. The maximum absolute atomic E-state index is 9.58. The summed E-state index contributed by atoms with van der Waals surface area (Å²) in [6, 6.07) is 9.30. The number of rotatable bonds is 7. The predicted octanol–water partition coefficient (Wildman–Crippen LogP) is 3.49. The average molecular weight is 290 g/mol. The summed E-state index contributed by atoms with van der Waals surface area (Å²) in [6.07, 6.45) is 5.50. The molecular weight excluding hydrogens is 260 g/mol. The van der Waals surface area contributed by atoms with E-state index in [1.54, 1.807) is 0 Å². The fraction of sp³-hybridized carbons (Fsp3) is 0.667. The molecule has 0 aliphatic carbocycles. The zero-order chi connectivity index (χ0) is 15.1. The maximum atomic E-state index is 9.58. The first kappa shape index (κ1) is 16.3. The van der Waals surface area contributed by atoms with Gasteiger partial charge in [0.1, 0.15) is 0 Å². The van der Waals surface area contributed by atoms with Crippen LogP contribution in [0.4, 0.5) is 5.69 Å². The van der Waals surface area contributed by atoms with Gasteiger partial charge in [-0.15, -0.1) is 0 Å². The van der Waals surface area contributed by atoms with Crippen LogP contribution in [0.25, 0.3) is 0 Å². The van der Waals surface area contributed by atoms with Gasteiger partial charge in [0.25, 0.3) is 0 Å². The third kappa shape index (κ3) is 5.01. The fourth-order valence-electron chi connectivity index (χ4n) is 2.91. The highest BCUT2D eigenvalue weighted by Gasteiger charge is 2.11. The Labute approximate surface area is 129 Å². The highest BCUT2D eigenvalue weighted by Crippen LogP contribution is 2.22. The van der Waals surface area contributed by atoms with Gasteiger partial charge in [-0.1, -0.05) is 19.1 Å². The third-order valence-electron chi connectivity index (χ3n) is 4.51. The van der Waals surface area contributed by atoms with E-state index in [1.165, 1.54) is 43.6 Å². The minimum atomic E-state index is -0.175. The molecule has 1 aliphatic rings. The molecule has 0 aromatic heterocycles. The number of nitrogens with zero attached hydrogens (tertiary/aromatic N) is 1. The number of aliphatic hydroxyl groups excluding tert-OH is 1. The minimum absolute atomic E-state index is 0.175. The van der Waals surface area contributed by atoms with Crippen LogP contribution in [0.3, 0.4) is 0 Å². The lowest BCUT2D eigenvalue weighted by atomic mass is 10.1. The van der Waals surface area contributed by atoms with E-state index in [9.17, 15) is 5.11 Å². The molecule has 2 rings (SSSR count). The second-order valence-corrected chi connectivity index (χ2v) is 6.17. The Balaban J connectivity index is 1.83. The van der Waals surface area contributed by atoms with Crippen molar-refractivity contribution in [1.82, 2.24) is 5.32 Å². The maximum Gasteiger partial charge on any atom is 0.0549 e. The standard InChI is InChI=1S/C18H30N2O/c1-3-18(21)11-12-19-15(2)16-7-9-17(10-8-16)20-13-5-4-6-14-20/h7-10,15,18-19,21H,3-6,11-14H2,1-2H3. The molecule has 1 heterocycles. The molecule has 0 bridgehead atoms. The molecule has 1 aliphatic heterocycles. The normalized spacial score (nSPS) is 18.5. The molecule has 1 aromatic rings. The summed E-state index contributed by atoms with van der Waals surface area (Å²) in [5, 5.41) is 13.1. The molecule has 2 N–H and O–H groups in total. The van der Waals surface area contributed by atoms with Gasteiger partial charge >= 0.3 is 0 Å². The first-order valence-corrected chi connectivity index (χ1v) is 8.47. The summed E-state index contributed by atoms with van der Waals surface area (Å²) in [6.45, 7) is 7.47. The van der Waals surface area contributed by atoms with E-state index in [1.807, 2.05) is 6.92 Å². The quantitative estimate of drug-likeness (QED) is 0.807. The van der Waals surface area contributed by atoms with Crippen LogP contribution in [-0.2, 0) is 0 Å². The second-order valence-electron chi connectivity index (χ2n) is 6.17. The Morgan fingerprint density at radius 3 is 2.43 bits per heavy atom. The first-order valence-electron chi connectivity index (χ1n) is 8.47. The predicted molar refractivity (Wildman–Crippen MR) is 89.8 cm³/mol. The number of aliphatic hydroxyl groups is 1. The van der Waals surface area contributed by atoms with Gasteiger partial charge in [0.05, 0.1) is 6.10 Å². The van der Waals surface area contributed by atoms with Crippen LogP contribution >= 0.6 is 0 Å². The van der Waals surface area contributed by atoms with Crippen molar-refractivity contribution in [3.05, 3.63) is 29.8 Å². The largest absolute Gasteiger partial charge is 0.393 e. The Hall–Kier alpha value is -1.06. The molecule has 0 saturated carbocycles. The van der Waals surface area contributed by atoms with Crippen molar-refractivity contribution >= 4 is 5.69 Å². The number of nitrogens with one attached hydrogen (secondary N) is 1. The zero-order valence-electron chi connectivity index (χ0n) is 13.5. The lowest BCUT2D eigenvalue weighted by Gasteiger charge is -2.29. The van der Waals surface area contributed by atoms with Gasteiger partial charge in [0, 0.05) is 24.8 Å². The van der Waals surface area contributed by atoms with E-state index in [4.69, 9.17) is 0 Å². The molecule has 0 radical (unpaired) electrons. The van der Waals surface area contributed by atoms with E-state index in [0.717, 1.165) is 19.4 Å². The molecule has 1 fully saturated rings. The average Bonchev–Trinajstić information content (AvgIpc) is 2.55. The Morgan fingerprint density at radius 2 is 1.81 bits per heavy atom. The van der Waals surface area contributed by atoms with Crippen LogP contribution < -0.4 is 10.2 Å². The van der Waals surface area contributed by atoms with E-state index in [-0.39, 0.29) is 6.10 Å². The number of hydrogen-bond donors (Lipinski definition) is 2. The molecule has 0 spiro atoms. The van der Waals surface area contributed by atoms with Crippen molar-refractivity contribution in [1.29, 1.82) is 0 Å². The summed E-state index contributed by atoms with van der Waals surface area (Å²) in [4.78, 5) is 2.49. The molecule has 2 unspecified atom stereocenters. The van der Waals surface area contributed by atoms with Crippen LogP contribution in [0.2, 0.25) is 0 Å². The highest BCUT2D eigenvalue weighted by molar-refractivity contribution is 5.48. The summed E-state index contributed by atoms with van der Waals surface area (Å²) in [5.41, 5.74) is 2.67. The van der Waals surface area contributed by atoms with Gasteiger partial charge in [0.2, 0.25) is 0 Å². The molecule has 1 saturated heterocycles. The van der Waals surface area contributed by atoms with Gasteiger partial charge in [-0.25, -0.2) is 0 Å². The smallest absolute Gasteiger partial charge is 0.0549 e. The first-order chi connectivity index (χ1) is 10.2. The molecular formula is C18H30N2O. The fourth-order valence-corrected chi connectivity index (χ4v) is 2.91. The van der Waals surface area contributed by atoms with Crippen molar-refractivity contribution in [2.24, 2.45) is 0 Å². The molecule has 118 valence electrons. The SMILES string of the molecule is CCC(O)CCNC(C)c1ccc(N2CCCCC2)cc1. The van der Waals surface area contributed by atoms with E-state index < -0.39 is 0 Å². The zero-order valence-corrected chi connectivity index (χ0v) is 13.5. The lowest BCUT2D eigenvalue weighted by molar-refractivity contribution is 0.159. The minimum Gasteiger partial charge on any atom is -0.393 e. The van der Waals surface area contributed by atoms with Crippen molar-refractivity contribution in [3.63, 3.8) is 0 Å². The Morgan fingerprint density at radius 1 is 1.14 bits per heavy atom. The van der Waals surface area contributed by atoms with Gasteiger partial charge in [-0.2, -0.15) is 0 Å². The summed E-state index contributed by atoms with van der Waals surface area (Å²) >= 11 is 0. The monoisotopic (exact) mass is 290 g/mol. The number of piperidine rings is 1. The Bertz CT molecular complexity index is 398. The van der Waals surface area contributed by atoms with Crippen molar-refractivity contribution < 1.29 is 5.11 Å². The van der Waals surface area contributed by atoms with Crippen molar-refractivity contribution in [2.75, 3.05) is 24.5 Å². The van der Waals surface area contributed by atoms with E-state index in [2.05, 4.69) is 41.4 Å². The topological polar surface area (TPSA) is 35.5 Å².